The average Bonchev–Trinajstić information content (AvgIpc) is 2.74. The Morgan fingerprint density at radius 1 is 1.14 bits per heavy atom. The highest BCUT2D eigenvalue weighted by Crippen LogP contribution is 2.39. The maximum Gasteiger partial charge on any atom is 0.194 e. The van der Waals surface area contributed by atoms with Gasteiger partial charge in [-0.15, -0.1) is 0 Å². The Bertz CT molecular complexity index is 736. The number of benzene rings is 2. The third-order valence-corrected chi connectivity index (χ3v) is 4.28. The summed E-state index contributed by atoms with van der Waals surface area (Å²) in [4.78, 5) is 12.6. The summed E-state index contributed by atoms with van der Waals surface area (Å²) >= 11 is 12.0. The van der Waals surface area contributed by atoms with Gasteiger partial charge in [-0.1, -0.05) is 37.0 Å². The van der Waals surface area contributed by atoms with E-state index in [0.717, 1.165) is 11.3 Å². The van der Waals surface area contributed by atoms with Gasteiger partial charge in [-0.2, -0.15) is 0 Å². The van der Waals surface area contributed by atoms with Crippen molar-refractivity contribution in [2.45, 2.75) is 19.3 Å². The highest BCUT2D eigenvalue weighted by Gasteiger charge is 2.32. The molecule has 0 amide bonds. The quantitative estimate of drug-likeness (QED) is 0.736. The summed E-state index contributed by atoms with van der Waals surface area (Å²) in [6.07, 6.45) is 0. The van der Waals surface area contributed by atoms with Crippen LogP contribution in [0.3, 0.4) is 0 Å². The van der Waals surface area contributed by atoms with Gasteiger partial charge >= 0.3 is 0 Å². The number of carbonyl (C=O) groups excluding carboxylic acids is 1. The van der Waals surface area contributed by atoms with Crippen LogP contribution in [0.2, 0.25) is 10.0 Å². The molecule has 0 N–H and O–H groups in total. The van der Waals surface area contributed by atoms with Crippen LogP contribution < -0.4 is 4.74 Å². The molecule has 3 rings (SSSR count). The standard InChI is InChI=1S/C17H14Cl2O2/c1-17(2)9-21-15-6-3-10(7-13(15)17)16(20)12-5-4-11(18)8-14(12)19/h3-8H,9H2,1-2H3. The van der Waals surface area contributed by atoms with Gasteiger partial charge in [0.25, 0.3) is 0 Å². The van der Waals surface area contributed by atoms with Gasteiger partial charge in [0.15, 0.2) is 5.78 Å². The Hall–Kier alpha value is -1.51. The Balaban J connectivity index is 2.03. The molecule has 0 spiro atoms. The highest BCUT2D eigenvalue weighted by atomic mass is 35.5. The monoisotopic (exact) mass is 320 g/mol. The largest absolute Gasteiger partial charge is 0.492 e. The molecular formula is C17H14Cl2O2. The van der Waals surface area contributed by atoms with Crippen LogP contribution in [0.1, 0.15) is 35.3 Å². The van der Waals surface area contributed by atoms with Gasteiger partial charge in [-0.05, 0) is 36.4 Å². The van der Waals surface area contributed by atoms with Crippen LogP contribution in [0.25, 0.3) is 0 Å². The maximum atomic E-state index is 12.6. The van der Waals surface area contributed by atoms with Crippen molar-refractivity contribution >= 4 is 29.0 Å². The molecule has 4 heteroatoms. The molecule has 1 aliphatic heterocycles. The average molecular weight is 321 g/mol. The number of fused-ring (bicyclic) bond motifs is 1. The molecule has 0 atom stereocenters. The Labute approximate surface area is 133 Å². The van der Waals surface area contributed by atoms with E-state index in [1.165, 1.54) is 0 Å². The van der Waals surface area contributed by atoms with Crippen LogP contribution in [0.5, 0.6) is 5.75 Å². The SMILES string of the molecule is CC1(C)COc2ccc(C(=O)c3ccc(Cl)cc3Cl)cc21. The molecule has 0 bridgehead atoms. The molecule has 2 nitrogen and oxygen atoms in total. The minimum atomic E-state index is -0.109. The number of hydrogen-bond donors (Lipinski definition) is 0. The summed E-state index contributed by atoms with van der Waals surface area (Å²) in [6.45, 7) is 4.83. The predicted molar refractivity (Wildman–Crippen MR) is 84.9 cm³/mol. The molecule has 0 saturated heterocycles. The van der Waals surface area contributed by atoms with Crippen molar-refractivity contribution in [2.75, 3.05) is 6.61 Å². The molecule has 2 aromatic carbocycles. The van der Waals surface area contributed by atoms with E-state index < -0.39 is 0 Å². The van der Waals surface area contributed by atoms with E-state index in [1.807, 2.05) is 12.1 Å². The smallest absolute Gasteiger partial charge is 0.194 e. The molecule has 0 radical (unpaired) electrons. The van der Waals surface area contributed by atoms with E-state index in [1.54, 1.807) is 24.3 Å². The third-order valence-electron chi connectivity index (χ3n) is 3.74. The lowest BCUT2D eigenvalue weighted by Crippen LogP contribution is -2.18. The number of rotatable bonds is 2. The van der Waals surface area contributed by atoms with Crippen molar-refractivity contribution in [1.29, 1.82) is 0 Å². The van der Waals surface area contributed by atoms with Gasteiger partial charge in [-0.25, -0.2) is 0 Å². The third kappa shape index (κ3) is 2.54. The lowest BCUT2D eigenvalue weighted by atomic mass is 9.85. The fourth-order valence-corrected chi connectivity index (χ4v) is 2.99. The van der Waals surface area contributed by atoms with Crippen molar-refractivity contribution < 1.29 is 9.53 Å². The zero-order valence-electron chi connectivity index (χ0n) is 11.7. The first-order valence-electron chi connectivity index (χ1n) is 6.65. The Kier molecular flexibility index (Phi) is 3.46. The number of carbonyl (C=O) groups is 1. The van der Waals surface area contributed by atoms with Crippen LogP contribution >= 0.6 is 23.2 Å². The molecule has 0 fully saturated rings. The number of halogens is 2. The second kappa shape index (κ2) is 5.04. The summed E-state index contributed by atoms with van der Waals surface area (Å²) in [5.41, 5.74) is 2.03. The van der Waals surface area contributed by atoms with Crippen molar-refractivity contribution in [1.82, 2.24) is 0 Å². The van der Waals surface area contributed by atoms with Crippen LogP contribution in [0, 0.1) is 0 Å². The number of ether oxygens (including phenoxy) is 1. The van der Waals surface area contributed by atoms with Crippen molar-refractivity contribution in [2.24, 2.45) is 0 Å². The zero-order valence-corrected chi connectivity index (χ0v) is 13.3. The Morgan fingerprint density at radius 2 is 1.90 bits per heavy atom. The molecular weight excluding hydrogens is 307 g/mol. The normalized spacial score (nSPS) is 15.4. The first-order valence-corrected chi connectivity index (χ1v) is 7.41. The van der Waals surface area contributed by atoms with E-state index in [-0.39, 0.29) is 11.2 Å². The molecule has 21 heavy (non-hydrogen) atoms. The van der Waals surface area contributed by atoms with Gasteiger partial charge in [-0.3, -0.25) is 4.79 Å². The first kappa shape index (κ1) is 14.4. The van der Waals surface area contributed by atoms with Gasteiger partial charge < -0.3 is 4.74 Å². The van der Waals surface area contributed by atoms with Gasteiger partial charge in [0, 0.05) is 27.1 Å². The minimum Gasteiger partial charge on any atom is -0.492 e. The number of hydrogen-bond acceptors (Lipinski definition) is 2. The zero-order chi connectivity index (χ0) is 15.2. The summed E-state index contributed by atoms with van der Waals surface area (Å²) in [6, 6.07) is 10.4. The van der Waals surface area contributed by atoms with E-state index in [0.29, 0.717) is 27.8 Å². The molecule has 108 valence electrons. The summed E-state index contributed by atoms with van der Waals surface area (Å²) < 4.78 is 5.64. The number of ketones is 1. The van der Waals surface area contributed by atoms with Gasteiger partial charge in [0.05, 0.1) is 11.6 Å². The fraction of sp³-hybridized carbons (Fsp3) is 0.235. The molecule has 1 aliphatic rings. The van der Waals surface area contributed by atoms with Gasteiger partial charge in [0.2, 0.25) is 0 Å². The molecule has 0 unspecified atom stereocenters. The van der Waals surface area contributed by atoms with E-state index in [9.17, 15) is 4.79 Å². The van der Waals surface area contributed by atoms with Crippen molar-refractivity contribution in [3.8, 4) is 5.75 Å². The second-order valence-corrected chi connectivity index (χ2v) is 6.68. The molecule has 0 saturated carbocycles. The molecule has 1 heterocycles. The van der Waals surface area contributed by atoms with Crippen LogP contribution in [-0.4, -0.2) is 12.4 Å². The van der Waals surface area contributed by atoms with E-state index in [2.05, 4.69) is 13.8 Å². The van der Waals surface area contributed by atoms with Crippen LogP contribution in [0.4, 0.5) is 0 Å². The second-order valence-electron chi connectivity index (χ2n) is 5.84. The topological polar surface area (TPSA) is 26.3 Å². The van der Waals surface area contributed by atoms with Crippen LogP contribution in [-0.2, 0) is 5.41 Å². The Morgan fingerprint density at radius 3 is 2.62 bits per heavy atom. The lowest BCUT2D eigenvalue weighted by molar-refractivity contribution is 0.103. The summed E-state index contributed by atoms with van der Waals surface area (Å²) in [7, 11) is 0. The van der Waals surface area contributed by atoms with E-state index >= 15 is 0 Å². The lowest BCUT2D eigenvalue weighted by Gasteiger charge is -2.15. The predicted octanol–water partition coefficient (Wildman–Crippen LogP) is 4.89. The molecule has 0 aromatic heterocycles. The van der Waals surface area contributed by atoms with Crippen LogP contribution in [0.15, 0.2) is 36.4 Å². The molecule has 0 aliphatic carbocycles. The van der Waals surface area contributed by atoms with Crippen molar-refractivity contribution in [3.63, 3.8) is 0 Å². The van der Waals surface area contributed by atoms with Gasteiger partial charge in [0.1, 0.15) is 5.75 Å². The van der Waals surface area contributed by atoms with E-state index in [4.69, 9.17) is 27.9 Å². The highest BCUT2D eigenvalue weighted by molar-refractivity contribution is 6.37. The fourth-order valence-electron chi connectivity index (χ4n) is 2.49. The first-order chi connectivity index (χ1) is 9.88. The minimum absolute atomic E-state index is 0.0879. The van der Waals surface area contributed by atoms with Crippen molar-refractivity contribution in [3.05, 3.63) is 63.1 Å². The summed E-state index contributed by atoms with van der Waals surface area (Å²) in [5.74, 6) is 0.737. The summed E-state index contributed by atoms with van der Waals surface area (Å²) in [5, 5.41) is 0.878. The molecule has 2 aromatic rings. The maximum absolute atomic E-state index is 12.6.